The summed E-state index contributed by atoms with van der Waals surface area (Å²) >= 11 is 3.94. The third-order valence-corrected chi connectivity index (χ3v) is 4.08. The molecule has 5 atom stereocenters. The highest BCUT2D eigenvalue weighted by molar-refractivity contribution is 7.80. The number of aliphatic hydroxyl groups excluding tert-OH is 2. The van der Waals surface area contributed by atoms with Crippen molar-refractivity contribution in [2.45, 2.75) is 50.0 Å². The quantitative estimate of drug-likeness (QED) is 0.126. The molecular weight excluding hydrogens is 410 g/mol. The van der Waals surface area contributed by atoms with E-state index in [0.717, 1.165) is 0 Å². The van der Waals surface area contributed by atoms with Gasteiger partial charge in [0.05, 0.1) is 18.8 Å². The van der Waals surface area contributed by atoms with Crippen molar-refractivity contribution in [1.82, 2.24) is 16.0 Å². The second-order valence-electron chi connectivity index (χ2n) is 6.16. The molecule has 10 N–H and O–H groups in total. The minimum Gasteiger partial charge on any atom is -0.480 e. The number of primary amides is 1. The van der Waals surface area contributed by atoms with E-state index in [1.165, 1.54) is 6.92 Å². The number of nitrogens with one attached hydrogen (secondary N) is 3. The van der Waals surface area contributed by atoms with Crippen LogP contribution in [0.2, 0.25) is 0 Å². The molecule has 0 aromatic rings. The monoisotopic (exact) mass is 437 g/mol. The lowest BCUT2D eigenvalue weighted by Gasteiger charge is -2.25. The van der Waals surface area contributed by atoms with Crippen molar-refractivity contribution in [2.24, 2.45) is 11.5 Å². The van der Waals surface area contributed by atoms with Crippen molar-refractivity contribution in [1.29, 1.82) is 0 Å². The Kier molecular flexibility index (Phi) is 11.8. The zero-order chi connectivity index (χ0) is 22.7. The van der Waals surface area contributed by atoms with Gasteiger partial charge in [0.1, 0.15) is 18.1 Å². The van der Waals surface area contributed by atoms with Crippen LogP contribution in [0.5, 0.6) is 0 Å². The standard InChI is InChI=1S/C15H27N5O8S/c1-6(22)11(14(26)18-8(4-21)15(27)28)20-13(25)9(5-29)19-12(24)7(16)2-3-10(17)23/h6-9,11,21-22,29H,2-5,16H2,1H3,(H2,17,23)(H,18,26)(H,19,24)(H,20,25)(H,27,28). The highest BCUT2D eigenvalue weighted by atomic mass is 32.1. The topological polar surface area (TPSA) is 234 Å². The van der Waals surface area contributed by atoms with E-state index in [1.54, 1.807) is 0 Å². The molecule has 0 aromatic heterocycles. The summed E-state index contributed by atoms with van der Waals surface area (Å²) in [4.78, 5) is 58.2. The molecule has 13 nitrogen and oxygen atoms in total. The van der Waals surface area contributed by atoms with Gasteiger partial charge < -0.3 is 42.7 Å². The van der Waals surface area contributed by atoms with E-state index in [9.17, 15) is 29.1 Å². The fourth-order valence-electron chi connectivity index (χ4n) is 2.01. The van der Waals surface area contributed by atoms with E-state index < -0.39 is 66.5 Å². The average molecular weight is 437 g/mol. The minimum absolute atomic E-state index is 0.0431. The van der Waals surface area contributed by atoms with Gasteiger partial charge in [0, 0.05) is 12.2 Å². The number of rotatable bonds is 13. The van der Waals surface area contributed by atoms with Crippen molar-refractivity contribution < 1.29 is 39.3 Å². The molecule has 0 aliphatic carbocycles. The molecule has 0 aliphatic rings. The predicted molar refractivity (Wildman–Crippen MR) is 102 cm³/mol. The summed E-state index contributed by atoms with van der Waals surface area (Å²) in [6, 6.07) is -5.56. The number of carboxylic acids is 1. The van der Waals surface area contributed by atoms with Crippen LogP contribution in [-0.2, 0) is 24.0 Å². The first kappa shape index (κ1) is 26.6. The van der Waals surface area contributed by atoms with Crippen molar-refractivity contribution in [2.75, 3.05) is 12.4 Å². The van der Waals surface area contributed by atoms with Gasteiger partial charge in [-0.05, 0) is 13.3 Å². The van der Waals surface area contributed by atoms with E-state index in [4.69, 9.17) is 21.7 Å². The molecule has 0 aliphatic heterocycles. The molecule has 0 bridgehead atoms. The molecule has 0 rings (SSSR count). The number of hydrogen-bond donors (Lipinski definition) is 9. The molecule has 0 spiro atoms. The van der Waals surface area contributed by atoms with Gasteiger partial charge in [-0.3, -0.25) is 19.2 Å². The smallest absolute Gasteiger partial charge is 0.328 e. The molecular formula is C15H27N5O8S. The van der Waals surface area contributed by atoms with Crippen molar-refractivity contribution >= 4 is 42.2 Å². The summed E-state index contributed by atoms with van der Waals surface area (Å²) in [5.74, 6) is -5.07. The number of aliphatic carboxylic acids is 1. The van der Waals surface area contributed by atoms with Gasteiger partial charge in [-0.25, -0.2) is 4.79 Å². The molecule has 14 heteroatoms. The maximum atomic E-state index is 12.4. The largest absolute Gasteiger partial charge is 0.480 e. The summed E-state index contributed by atoms with van der Waals surface area (Å²) in [5, 5.41) is 34.0. The highest BCUT2D eigenvalue weighted by Crippen LogP contribution is 2.00. The third-order valence-electron chi connectivity index (χ3n) is 3.71. The van der Waals surface area contributed by atoms with E-state index in [-0.39, 0.29) is 18.6 Å². The molecule has 0 saturated carbocycles. The Morgan fingerprint density at radius 1 is 1.00 bits per heavy atom. The number of aliphatic hydroxyl groups is 2. The number of thiol groups is 1. The molecule has 166 valence electrons. The van der Waals surface area contributed by atoms with Crippen LogP contribution in [-0.4, -0.2) is 87.5 Å². The maximum Gasteiger partial charge on any atom is 0.328 e. The zero-order valence-electron chi connectivity index (χ0n) is 15.7. The van der Waals surface area contributed by atoms with Gasteiger partial charge in [-0.1, -0.05) is 0 Å². The number of nitrogens with two attached hydrogens (primary N) is 2. The third kappa shape index (κ3) is 9.56. The van der Waals surface area contributed by atoms with Crippen LogP contribution < -0.4 is 27.4 Å². The van der Waals surface area contributed by atoms with Crippen molar-refractivity contribution in [3.05, 3.63) is 0 Å². The predicted octanol–water partition coefficient (Wildman–Crippen LogP) is -4.58. The van der Waals surface area contributed by atoms with Crippen LogP contribution >= 0.6 is 12.6 Å². The molecule has 0 aromatic carbocycles. The SMILES string of the molecule is CC(O)C(NC(=O)C(CS)NC(=O)C(N)CCC(N)=O)C(=O)NC(CO)C(=O)O. The first-order valence-corrected chi connectivity index (χ1v) is 9.15. The highest BCUT2D eigenvalue weighted by Gasteiger charge is 2.32. The lowest BCUT2D eigenvalue weighted by molar-refractivity contribution is -0.144. The molecule has 29 heavy (non-hydrogen) atoms. The first-order valence-electron chi connectivity index (χ1n) is 8.52. The summed E-state index contributed by atoms with van der Waals surface area (Å²) in [6.45, 7) is 0.271. The fourth-order valence-corrected chi connectivity index (χ4v) is 2.26. The molecule has 0 saturated heterocycles. The Labute approximate surface area is 172 Å². The van der Waals surface area contributed by atoms with E-state index in [2.05, 4.69) is 23.3 Å². The Bertz CT molecular complexity index is 618. The number of carboxylic acid groups (broad SMARTS) is 1. The number of carbonyl (C=O) groups excluding carboxylic acids is 4. The van der Waals surface area contributed by atoms with Crippen LogP contribution in [0.4, 0.5) is 0 Å². The van der Waals surface area contributed by atoms with Gasteiger partial charge >= 0.3 is 5.97 Å². The summed E-state index contributed by atoms with van der Waals surface area (Å²) in [7, 11) is 0. The second-order valence-corrected chi connectivity index (χ2v) is 6.53. The Morgan fingerprint density at radius 2 is 1.55 bits per heavy atom. The summed E-state index contributed by atoms with van der Waals surface area (Å²) < 4.78 is 0. The van der Waals surface area contributed by atoms with Gasteiger partial charge in [-0.15, -0.1) is 0 Å². The Balaban J connectivity index is 5.04. The molecule has 0 heterocycles. The molecule has 5 unspecified atom stereocenters. The van der Waals surface area contributed by atoms with E-state index >= 15 is 0 Å². The molecule has 0 radical (unpaired) electrons. The van der Waals surface area contributed by atoms with Gasteiger partial charge in [-0.2, -0.15) is 12.6 Å². The van der Waals surface area contributed by atoms with Gasteiger partial charge in [0.25, 0.3) is 0 Å². The maximum absolute atomic E-state index is 12.4. The number of amides is 4. The Hall–Kier alpha value is -2.42. The summed E-state index contributed by atoms with van der Waals surface area (Å²) in [6.07, 6.45) is -1.61. The van der Waals surface area contributed by atoms with Crippen LogP contribution in [0.25, 0.3) is 0 Å². The average Bonchev–Trinajstić information content (AvgIpc) is 2.64. The Morgan fingerprint density at radius 3 is 1.97 bits per heavy atom. The van der Waals surface area contributed by atoms with E-state index in [1.807, 2.05) is 5.32 Å². The lowest BCUT2D eigenvalue weighted by atomic mass is 10.1. The van der Waals surface area contributed by atoms with Gasteiger partial charge in [0.2, 0.25) is 23.6 Å². The molecule has 0 fully saturated rings. The van der Waals surface area contributed by atoms with Crippen LogP contribution in [0.15, 0.2) is 0 Å². The van der Waals surface area contributed by atoms with Crippen LogP contribution in [0.1, 0.15) is 19.8 Å². The van der Waals surface area contributed by atoms with Crippen molar-refractivity contribution in [3.63, 3.8) is 0 Å². The first-order chi connectivity index (χ1) is 13.4. The van der Waals surface area contributed by atoms with E-state index in [0.29, 0.717) is 0 Å². The zero-order valence-corrected chi connectivity index (χ0v) is 16.6. The second kappa shape index (κ2) is 12.9. The minimum atomic E-state index is -1.63. The number of carbonyl (C=O) groups is 5. The van der Waals surface area contributed by atoms with Gasteiger partial charge in [0.15, 0.2) is 0 Å². The lowest BCUT2D eigenvalue weighted by Crippen LogP contribution is -2.60. The van der Waals surface area contributed by atoms with Crippen LogP contribution in [0.3, 0.4) is 0 Å². The summed E-state index contributed by atoms with van der Waals surface area (Å²) in [5.41, 5.74) is 10.6. The van der Waals surface area contributed by atoms with Crippen LogP contribution in [0, 0.1) is 0 Å². The molecule has 4 amide bonds. The van der Waals surface area contributed by atoms with Crippen molar-refractivity contribution in [3.8, 4) is 0 Å². The fraction of sp³-hybridized carbons (Fsp3) is 0.667. The number of hydrogen-bond acceptors (Lipinski definition) is 9. The normalized spacial score (nSPS) is 15.9.